The summed E-state index contributed by atoms with van der Waals surface area (Å²) in [7, 11) is 0. The van der Waals surface area contributed by atoms with Crippen molar-refractivity contribution in [1.29, 1.82) is 0 Å². The summed E-state index contributed by atoms with van der Waals surface area (Å²) < 4.78 is 5.58. The van der Waals surface area contributed by atoms with Crippen molar-refractivity contribution in [3.8, 4) is 0 Å². The summed E-state index contributed by atoms with van der Waals surface area (Å²) in [6.45, 7) is 10.3. The van der Waals surface area contributed by atoms with Gasteiger partial charge in [-0.3, -0.25) is 0 Å². The van der Waals surface area contributed by atoms with Crippen LogP contribution >= 0.6 is 11.6 Å². The topological polar surface area (TPSA) is 13.1 Å². The second-order valence-electron chi connectivity index (χ2n) is 5.04. The van der Waals surface area contributed by atoms with Crippen molar-refractivity contribution in [3.63, 3.8) is 0 Å². The molecule has 1 heterocycles. The lowest BCUT2D eigenvalue weighted by atomic mass is 9.94. The number of aryl methyl sites for hydroxylation is 5. The van der Waals surface area contributed by atoms with Crippen molar-refractivity contribution in [1.82, 2.24) is 0 Å². The minimum atomic E-state index is -0.136. The van der Waals surface area contributed by atoms with Crippen LogP contribution in [0.5, 0.6) is 0 Å². The van der Waals surface area contributed by atoms with Gasteiger partial charge in [0, 0.05) is 5.56 Å². The van der Waals surface area contributed by atoms with Crippen molar-refractivity contribution in [2.45, 2.75) is 40.0 Å². The summed E-state index contributed by atoms with van der Waals surface area (Å²) in [5.74, 6) is 1.82. The quantitative estimate of drug-likeness (QED) is 0.682. The number of hydrogen-bond acceptors (Lipinski definition) is 1. The summed E-state index contributed by atoms with van der Waals surface area (Å²) >= 11 is 6.65. The molecular weight excluding hydrogens is 244 g/mol. The van der Waals surface area contributed by atoms with Crippen LogP contribution in [0.2, 0.25) is 0 Å². The van der Waals surface area contributed by atoms with Gasteiger partial charge in [0.05, 0.1) is 5.38 Å². The monoisotopic (exact) mass is 262 g/mol. The van der Waals surface area contributed by atoms with E-state index >= 15 is 0 Å². The molecule has 1 aromatic heterocycles. The van der Waals surface area contributed by atoms with Crippen LogP contribution in [0.25, 0.3) is 0 Å². The van der Waals surface area contributed by atoms with E-state index < -0.39 is 0 Å². The first-order valence-electron chi connectivity index (χ1n) is 6.19. The lowest BCUT2D eigenvalue weighted by molar-refractivity contribution is 0.501. The van der Waals surface area contributed by atoms with Gasteiger partial charge in [0.15, 0.2) is 0 Å². The van der Waals surface area contributed by atoms with Gasteiger partial charge in [-0.15, -0.1) is 11.6 Å². The third-order valence-corrected chi connectivity index (χ3v) is 3.80. The molecule has 0 bridgehead atoms. The van der Waals surface area contributed by atoms with Crippen LogP contribution < -0.4 is 0 Å². The van der Waals surface area contributed by atoms with E-state index in [0.29, 0.717) is 0 Å². The fraction of sp³-hybridized carbons (Fsp3) is 0.375. The maximum absolute atomic E-state index is 6.65. The highest BCUT2D eigenvalue weighted by Crippen LogP contribution is 2.36. The van der Waals surface area contributed by atoms with E-state index in [1.165, 1.54) is 22.3 Å². The van der Waals surface area contributed by atoms with E-state index in [0.717, 1.165) is 17.1 Å². The summed E-state index contributed by atoms with van der Waals surface area (Å²) in [6, 6.07) is 6.39. The van der Waals surface area contributed by atoms with Crippen LogP contribution in [0, 0.1) is 34.6 Å². The highest BCUT2D eigenvalue weighted by atomic mass is 35.5. The summed E-state index contributed by atoms with van der Waals surface area (Å²) in [4.78, 5) is 0. The molecule has 1 atom stereocenters. The standard InChI is InChI=1S/C16H19ClO/c1-9-6-10(2)15(11(3)7-9)16(17)14-8-12(4)18-13(14)5/h6-8,16H,1-5H3. The molecule has 0 aliphatic rings. The first-order valence-corrected chi connectivity index (χ1v) is 6.62. The molecule has 0 fully saturated rings. The Balaban J connectivity index is 2.52. The lowest BCUT2D eigenvalue weighted by Gasteiger charge is -2.16. The van der Waals surface area contributed by atoms with Crippen LogP contribution in [-0.4, -0.2) is 0 Å². The van der Waals surface area contributed by atoms with Gasteiger partial charge in [-0.1, -0.05) is 17.7 Å². The Hall–Kier alpha value is -1.21. The van der Waals surface area contributed by atoms with Crippen LogP contribution in [0.3, 0.4) is 0 Å². The highest BCUT2D eigenvalue weighted by Gasteiger charge is 2.20. The second kappa shape index (κ2) is 4.81. The highest BCUT2D eigenvalue weighted by molar-refractivity contribution is 6.23. The molecule has 1 aromatic carbocycles. The van der Waals surface area contributed by atoms with Crippen molar-refractivity contribution in [2.24, 2.45) is 0 Å². The summed E-state index contributed by atoms with van der Waals surface area (Å²) in [5, 5.41) is -0.136. The zero-order valence-electron chi connectivity index (χ0n) is 11.6. The first-order chi connectivity index (χ1) is 8.40. The predicted molar refractivity (Wildman–Crippen MR) is 76.5 cm³/mol. The maximum atomic E-state index is 6.65. The number of alkyl halides is 1. The Morgan fingerprint density at radius 2 is 1.50 bits per heavy atom. The van der Waals surface area contributed by atoms with E-state index in [9.17, 15) is 0 Å². The lowest BCUT2D eigenvalue weighted by Crippen LogP contribution is -2.00. The molecule has 0 spiro atoms. The maximum Gasteiger partial charge on any atom is 0.106 e. The smallest absolute Gasteiger partial charge is 0.106 e. The minimum Gasteiger partial charge on any atom is -0.466 e. The molecule has 2 rings (SSSR count). The molecule has 0 radical (unpaired) electrons. The number of rotatable bonds is 2. The zero-order chi connectivity index (χ0) is 13.4. The molecule has 0 saturated carbocycles. The SMILES string of the molecule is Cc1cc(C)c(C(Cl)c2cc(C)oc2C)c(C)c1. The summed E-state index contributed by atoms with van der Waals surface area (Å²) in [6.07, 6.45) is 0. The molecule has 0 aliphatic heterocycles. The largest absolute Gasteiger partial charge is 0.466 e. The van der Waals surface area contributed by atoms with Crippen molar-refractivity contribution in [3.05, 3.63) is 57.5 Å². The van der Waals surface area contributed by atoms with Gasteiger partial charge in [-0.2, -0.15) is 0 Å². The normalized spacial score (nSPS) is 12.8. The summed E-state index contributed by atoms with van der Waals surface area (Å²) in [5.41, 5.74) is 6.03. The van der Waals surface area contributed by atoms with Crippen LogP contribution in [0.4, 0.5) is 0 Å². The van der Waals surface area contributed by atoms with E-state index in [1.54, 1.807) is 0 Å². The van der Waals surface area contributed by atoms with Crippen LogP contribution in [0.15, 0.2) is 22.6 Å². The Morgan fingerprint density at radius 3 is 1.94 bits per heavy atom. The minimum absolute atomic E-state index is 0.136. The van der Waals surface area contributed by atoms with Crippen LogP contribution in [0.1, 0.15) is 44.7 Å². The Kier molecular flexibility index (Phi) is 3.54. The zero-order valence-corrected chi connectivity index (χ0v) is 12.4. The molecular formula is C16H19ClO. The average molecular weight is 263 g/mol. The van der Waals surface area contributed by atoms with E-state index in [-0.39, 0.29) is 5.38 Å². The second-order valence-corrected chi connectivity index (χ2v) is 5.48. The van der Waals surface area contributed by atoms with Crippen LogP contribution in [-0.2, 0) is 0 Å². The molecule has 1 unspecified atom stereocenters. The van der Waals surface area contributed by atoms with Gasteiger partial charge in [0.1, 0.15) is 11.5 Å². The van der Waals surface area contributed by atoms with Gasteiger partial charge in [0.2, 0.25) is 0 Å². The van der Waals surface area contributed by atoms with Gasteiger partial charge in [-0.05, 0) is 57.4 Å². The third-order valence-electron chi connectivity index (χ3n) is 3.34. The average Bonchev–Trinajstić information content (AvgIpc) is 2.56. The predicted octanol–water partition coefficient (Wildman–Crippen LogP) is 5.15. The van der Waals surface area contributed by atoms with E-state index in [2.05, 4.69) is 32.9 Å². The number of hydrogen-bond donors (Lipinski definition) is 0. The molecule has 2 heteroatoms. The molecule has 96 valence electrons. The molecule has 0 saturated heterocycles. The number of halogens is 1. The Morgan fingerprint density at radius 1 is 0.944 bits per heavy atom. The van der Waals surface area contributed by atoms with Crippen molar-refractivity contribution in [2.75, 3.05) is 0 Å². The third kappa shape index (κ3) is 2.32. The molecule has 2 aromatic rings. The number of benzene rings is 1. The van der Waals surface area contributed by atoms with E-state index in [1.807, 2.05) is 19.9 Å². The Bertz CT molecular complexity index is 558. The first kappa shape index (κ1) is 13.2. The van der Waals surface area contributed by atoms with Gasteiger partial charge < -0.3 is 4.42 Å². The van der Waals surface area contributed by atoms with E-state index in [4.69, 9.17) is 16.0 Å². The fourth-order valence-electron chi connectivity index (χ4n) is 2.65. The van der Waals surface area contributed by atoms with Crippen molar-refractivity contribution < 1.29 is 4.42 Å². The fourth-order valence-corrected chi connectivity index (χ4v) is 3.21. The molecule has 1 nitrogen and oxygen atoms in total. The Labute approximate surface area is 114 Å². The van der Waals surface area contributed by atoms with Crippen molar-refractivity contribution >= 4 is 11.6 Å². The number of furan rings is 1. The van der Waals surface area contributed by atoms with Gasteiger partial charge in [0.25, 0.3) is 0 Å². The molecule has 0 aliphatic carbocycles. The van der Waals surface area contributed by atoms with Gasteiger partial charge >= 0.3 is 0 Å². The molecule has 0 amide bonds. The molecule has 18 heavy (non-hydrogen) atoms. The molecule has 0 N–H and O–H groups in total. The van der Waals surface area contributed by atoms with Gasteiger partial charge in [-0.25, -0.2) is 0 Å².